The van der Waals surface area contributed by atoms with Gasteiger partial charge >= 0.3 is 0 Å². The Balaban J connectivity index is 1.69. The molecule has 0 spiro atoms. The van der Waals surface area contributed by atoms with Crippen molar-refractivity contribution in [1.29, 1.82) is 0 Å². The van der Waals surface area contributed by atoms with E-state index in [1.165, 1.54) is 25.7 Å². The Morgan fingerprint density at radius 1 is 1.04 bits per heavy atom. The number of amides is 1. The van der Waals surface area contributed by atoms with Crippen molar-refractivity contribution in [2.45, 2.75) is 31.7 Å². The number of carbonyl (C=O) groups is 1. The van der Waals surface area contributed by atoms with Crippen LogP contribution in [0.5, 0.6) is 11.5 Å². The van der Waals surface area contributed by atoms with Crippen molar-refractivity contribution in [2.75, 3.05) is 40.4 Å². The number of carbonyl (C=O) groups excluding carboxylic acids is 1. The van der Waals surface area contributed by atoms with Gasteiger partial charge in [0.1, 0.15) is 16.0 Å². The van der Waals surface area contributed by atoms with Crippen LogP contribution in [0.3, 0.4) is 0 Å². The van der Waals surface area contributed by atoms with Crippen molar-refractivity contribution >= 4 is 21.8 Å². The van der Waals surface area contributed by atoms with E-state index < -0.39 is 0 Å². The predicted octanol–water partition coefficient (Wildman–Crippen LogP) is 3.17. The third-order valence-electron chi connectivity index (χ3n) is 5.14. The summed E-state index contributed by atoms with van der Waals surface area (Å²) in [5.74, 6) is 1.27. The number of hydrogen-bond acceptors (Lipinski definition) is 4. The highest BCUT2D eigenvalue weighted by Gasteiger charge is 2.28. The Bertz CT molecular complexity index is 569. The molecular formula is C18H25BrN2O3. The molecule has 1 aliphatic heterocycles. The zero-order valence-electron chi connectivity index (χ0n) is 14.4. The maximum absolute atomic E-state index is 12.9. The molecule has 1 aliphatic carbocycles. The molecular weight excluding hydrogens is 372 g/mol. The van der Waals surface area contributed by atoms with Gasteiger partial charge in [-0.3, -0.25) is 9.69 Å². The lowest BCUT2D eigenvalue weighted by Crippen LogP contribution is -2.51. The molecule has 6 heteroatoms. The van der Waals surface area contributed by atoms with E-state index in [1.807, 2.05) is 4.90 Å². The number of benzene rings is 1. The van der Waals surface area contributed by atoms with Gasteiger partial charge < -0.3 is 14.4 Å². The van der Waals surface area contributed by atoms with Gasteiger partial charge in [0, 0.05) is 37.8 Å². The molecule has 2 aliphatic rings. The number of hydrogen-bond donors (Lipinski definition) is 0. The molecule has 1 saturated heterocycles. The molecule has 0 radical (unpaired) electrons. The third kappa shape index (κ3) is 3.54. The van der Waals surface area contributed by atoms with Crippen LogP contribution in [0.1, 0.15) is 36.0 Å². The van der Waals surface area contributed by atoms with Crippen LogP contribution in [0.25, 0.3) is 0 Å². The average molecular weight is 397 g/mol. The van der Waals surface area contributed by atoms with Gasteiger partial charge in [0.2, 0.25) is 0 Å². The molecule has 132 valence electrons. The molecule has 1 aromatic rings. The Morgan fingerprint density at radius 3 is 2.08 bits per heavy atom. The summed E-state index contributed by atoms with van der Waals surface area (Å²) in [6.45, 7) is 3.52. The molecule has 0 atom stereocenters. The van der Waals surface area contributed by atoms with Crippen LogP contribution < -0.4 is 9.47 Å². The fourth-order valence-electron chi connectivity index (χ4n) is 3.73. The van der Waals surface area contributed by atoms with E-state index >= 15 is 0 Å². The standard InChI is InChI=1S/C18H25BrN2O3/c1-23-15-11-13(12-16(24-2)17(15)19)18(22)21-9-7-20(8-10-21)14-5-3-4-6-14/h11-12,14H,3-10H2,1-2H3. The number of ether oxygens (including phenoxy) is 2. The molecule has 0 bridgehead atoms. The van der Waals surface area contributed by atoms with E-state index in [-0.39, 0.29) is 5.91 Å². The van der Waals surface area contributed by atoms with Crippen molar-refractivity contribution in [3.05, 3.63) is 22.2 Å². The minimum Gasteiger partial charge on any atom is -0.495 e. The molecule has 0 unspecified atom stereocenters. The summed E-state index contributed by atoms with van der Waals surface area (Å²) < 4.78 is 11.4. The summed E-state index contributed by atoms with van der Waals surface area (Å²) in [4.78, 5) is 17.3. The highest BCUT2D eigenvalue weighted by Crippen LogP contribution is 2.36. The zero-order chi connectivity index (χ0) is 17.1. The van der Waals surface area contributed by atoms with Crippen LogP contribution in [-0.4, -0.2) is 62.1 Å². The molecule has 5 nitrogen and oxygen atoms in total. The van der Waals surface area contributed by atoms with Crippen LogP contribution in [0.4, 0.5) is 0 Å². The Kier molecular flexibility index (Phi) is 5.66. The summed E-state index contributed by atoms with van der Waals surface area (Å²) in [5.41, 5.74) is 0.612. The Hall–Kier alpha value is -1.27. The molecule has 1 saturated carbocycles. The van der Waals surface area contributed by atoms with Gasteiger partial charge in [-0.1, -0.05) is 12.8 Å². The maximum atomic E-state index is 12.9. The zero-order valence-corrected chi connectivity index (χ0v) is 16.0. The lowest BCUT2D eigenvalue weighted by atomic mass is 10.1. The molecule has 2 fully saturated rings. The van der Waals surface area contributed by atoms with Gasteiger partial charge in [-0.25, -0.2) is 0 Å². The number of piperazine rings is 1. The second kappa shape index (κ2) is 7.74. The van der Waals surface area contributed by atoms with Gasteiger partial charge in [0.05, 0.1) is 14.2 Å². The first kappa shape index (κ1) is 17.5. The Morgan fingerprint density at radius 2 is 1.58 bits per heavy atom. The van der Waals surface area contributed by atoms with Crippen molar-refractivity contribution in [3.8, 4) is 11.5 Å². The largest absolute Gasteiger partial charge is 0.495 e. The number of methoxy groups -OCH3 is 2. The summed E-state index contributed by atoms with van der Waals surface area (Å²) >= 11 is 3.44. The molecule has 1 heterocycles. The van der Waals surface area contributed by atoms with Crippen LogP contribution in [0, 0.1) is 0 Å². The lowest BCUT2D eigenvalue weighted by Gasteiger charge is -2.38. The van der Waals surface area contributed by atoms with Gasteiger partial charge in [0.15, 0.2) is 0 Å². The molecule has 1 amide bonds. The first-order valence-corrected chi connectivity index (χ1v) is 9.38. The highest BCUT2D eigenvalue weighted by atomic mass is 79.9. The molecule has 0 N–H and O–H groups in total. The van der Waals surface area contributed by atoms with Gasteiger partial charge in [0.25, 0.3) is 5.91 Å². The molecule has 0 aromatic heterocycles. The van der Waals surface area contributed by atoms with Crippen molar-refractivity contribution in [3.63, 3.8) is 0 Å². The van der Waals surface area contributed by atoms with Gasteiger partial charge in [-0.05, 0) is 40.9 Å². The van der Waals surface area contributed by atoms with Crippen LogP contribution >= 0.6 is 15.9 Å². The minimum atomic E-state index is 0.0465. The summed E-state index contributed by atoms with van der Waals surface area (Å²) in [5, 5.41) is 0. The smallest absolute Gasteiger partial charge is 0.254 e. The fraction of sp³-hybridized carbons (Fsp3) is 0.611. The van der Waals surface area contributed by atoms with Crippen molar-refractivity contribution in [2.24, 2.45) is 0 Å². The summed E-state index contributed by atoms with van der Waals surface area (Å²) in [6, 6.07) is 4.28. The van der Waals surface area contributed by atoms with E-state index in [2.05, 4.69) is 20.8 Å². The second-order valence-electron chi connectivity index (χ2n) is 6.46. The first-order chi connectivity index (χ1) is 11.6. The number of halogens is 1. The van der Waals surface area contributed by atoms with E-state index in [9.17, 15) is 4.79 Å². The molecule has 24 heavy (non-hydrogen) atoms. The second-order valence-corrected chi connectivity index (χ2v) is 7.25. The topological polar surface area (TPSA) is 42.0 Å². The van der Waals surface area contributed by atoms with Crippen LogP contribution in [0.2, 0.25) is 0 Å². The summed E-state index contributed by atoms with van der Waals surface area (Å²) in [6.07, 6.45) is 5.33. The van der Waals surface area contributed by atoms with E-state index in [1.54, 1.807) is 26.4 Å². The van der Waals surface area contributed by atoms with Crippen molar-refractivity contribution < 1.29 is 14.3 Å². The van der Waals surface area contributed by atoms with E-state index in [0.717, 1.165) is 36.7 Å². The maximum Gasteiger partial charge on any atom is 0.254 e. The fourth-order valence-corrected chi connectivity index (χ4v) is 4.29. The van der Waals surface area contributed by atoms with Crippen molar-refractivity contribution in [1.82, 2.24) is 9.80 Å². The number of rotatable bonds is 4. The van der Waals surface area contributed by atoms with E-state index in [4.69, 9.17) is 9.47 Å². The lowest BCUT2D eigenvalue weighted by molar-refractivity contribution is 0.0572. The SMILES string of the molecule is COc1cc(C(=O)N2CCN(C3CCCC3)CC2)cc(OC)c1Br. The average Bonchev–Trinajstić information content (AvgIpc) is 3.16. The summed E-state index contributed by atoms with van der Waals surface area (Å²) in [7, 11) is 3.18. The van der Waals surface area contributed by atoms with Gasteiger partial charge in [-0.2, -0.15) is 0 Å². The predicted molar refractivity (Wildman–Crippen MR) is 97.0 cm³/mol. The number of nitrogens with zero attached hydrogens (tertiary/aromatic N) is 2. The minimum absolute atomic E-state index is 0.0465. The molecule has 1 aromatic carbocycles. The Labute approximate surface area is 152 Å². The van der Waals surface area contributed by atoms with E-state index in [0.29, 0.717) is 17.1 Å². The third-order valence-corrected chi connectivity index (χ3v) is 5.92. The van der Waals surface area contributed by atoms with Crippen LogP contribution in [0.15, 0.2) is 16.6 Å². The highest BCUT2D eigenvalue weighted by molar-refractivity contribution is 9.10. The quantitative estimate of drug-likeness (QED) is 0.783. The first-order valence-electron chi connectivity index (χ1n) is 8.59. The normalized spacial score (nSPS) is 19.5. The van der Waals surface area contributed by atoms with Gasteiger partial charge in [-0.15, -0.1) is 0 Å². The monoisotopic (exact) mass is 396 g/mol. The van der Waals surface area contributed by atoms with Crippen LogP contribution in [-0.2, 0) is 0 Å². The molecule has 3 rings (SSSR count).